The van der Waals surface area contributed by atoms with Crippen molar-refractivity contribution in [2.75, 3.05) is 10.6 Å². The molecule has 2 N–H and O–H groups in total. The van der Waals surface area contributed by atoms with Gasteiger partial charge >= 0.3 is 0 Å². The second-order valence-corrected chi connectivity index (χ2v) is 8.85. The van der Waals surface area contributed by atoms with Crippen LogP contribution in [-0.4, -0.2) is 37.9 Å². The van der Waals surface area contributed by atoms with Crippen molar-refractivity contribution in [1.29, 1.82) is 0 Å². The molecule has 3 aromatic rings. The lowest BCUT2D eigenvalue weighted by atomic mass is 10.00. The number of anilines is 2. The van der Waals surface area contributed by atoms with Gasteiger partial charge in [-0.15, -0.1) is 0 Å². The predicted molar refractivity (Wildman–Crippen MR) is 118 cm³/mol. The molecule has 1 amide bonds. The second-order valence-electron chi connectivity index (χ2n) is 8.47. The van der Waals surface area contributed by atoms with E-state index >= 15 is 0 Å². The van der Waals surface area contributed by atoms with Gasteiger partial charge in [0.05, 0.1) is 28.3 Å². The third-order valence-electron chi connectivity index (χ3n) is 6.23. The molecule has 1 fully saturated rings. The highest BCUT2D eigenvalue weighted by Gasteiger charge is 2.41. The summed E-state index contributed by atoms with van der Waals surface area (Å²) in [6.45, 7) is 3.73. The van der Waals surface area contributed by atoms with Crippen LogP contribution in [-0.2, 0) is 0 Å². The Hall–Kier alpha value is -2.94. The van der Waals surface area contributed by atoms with E-state index in [2.05, 4.69) is 20.8 Å². The smallest absolute Gasteiger partial charge is 0.261 e. The molecule has 1 aliphatic carbocycles. The first-order valence-electron chi connectivity index (χ1n) is 10.6. The van der Waals surface area contributed by atoms with Crippen LogP contribution in [0.4, 0.5) is 20.3 Å². The van der Waals surface area contributed by atoms with Crippen molar-refractivity contribution >= 4 is 29.0 Å². The van der Waals surface area contributed by atoms with Crippen molar-refractivity contribution in [1.82, 2.24) is 19.6 Å². The van der Waals surface area contributed by atoms with Crippen molar-refractivity contribution in [2.45, 2.75) is 51.6 Å². The minimum atomic E-state index is -2.54. The van der Waals surface area contributed by atoms with E-state index in [1.807, 2.05) is 26.0 Å². The standard InChI is InChI=1S/C22H23ClF2N6O/c1-11-19(23)12(2)30(29-11)15-7-5-14(6-8-15)27-22(32)16-10-26-31-18(20(24)25)9-17(13-3-4-13)28-21(16)31/h5-8,10,13,17-18,20,28H,3-4,9H2,1-2H3,(H,27,32)/t17-,18+/m0/s1. The molecule has 168 valence electrons. The molecule has 10 heteroatoms. The normalized spacial score (nSPS) is 20.2. The molecule has 32 heavy (non-hydrogen) atoms. The molecule has 2 aromatic heterocycles. The van der Waals surface area contributed by atoms with Gasteiger partial charge in [0.2, 0.25) is 0 Å². The Morgan fingerprint density at radius 1 is 1.25 bits per heavy atom. The molecule has 3 heterocycles. The average Bonchev–Trinajstić information content (AvgIpc) is 3.49. The molecule has 7 nitrogen and oxygen atoms in total. The molecule has 0 spiro atoms. The van der Waals surface area contributed by atoms with Gasteiger partial charge in [0, 0.05) is 11.7 Å². The third-order valence-corrected chi connectivity index (χ3v) is 6.77. The number of carbonyl (C=O) groups excluding carboxylic acids is 1. The van der Waals surface area contributed by atoms with Crippen LogP contribution in [0.3, 0.4) is 0 Å². The molecular formula is C22H23ClF2N6O. The summed E-state index contributed by atoms with van der Waals surface area (Å²) in [6.07, 6.45) is 1.18. The Kier molecular flexibility index (Phi) is 5.16. The number of aromatic nitrogens is 4. The topological polar surface area (TPSA) is 76.8 Å². The number of hydrogen-bond acceptors (Lipinski definition) is 4. The van der Waals surface area contributed by atoms with Crippen molar-refractivity contribution in [2.24, 2.45) is 5.92 Å². The molecule has 1 aromatic carbocycles. The summed E-state index contributed by atoms with van der Waals surface area (Å²) < 4.78 is 30.3. The van der Waals surface area contributed by atoms with Crippen molar-refractivity contribution in [3.05, 3.63) is 52.4 Å². The van der Waals surface area contributed by atoms with Gasteiger partial charge in [-0.05, 0) is 63.3 Å². The van der Waals surface area contributed by atoms with E-state index in [-0.39, 0.29) is 11.6 Å². The Bertz CT molecular complexity index is 1170. The van der Waals surface area contributed by atoms with Gasteiger partial charge in [-0.2, -0.15) is 10.2 Å². The zero-order chi connectivity index (χ0) is 22.6. The average molecular weight is 461 g/mol. The summed E-state index contributed by atoms with van der Waals surface area (Å²) >= 11 is 6.23. The first-order chi connectivity index (χ1) is 15.3. The zero-order valence-corrected chi connectivity index (χ0v) is 18.4. The maximum Gasteiger partial charge on any atom is 0.261 e. The Balaban J connectivity index is 1.36. The van der Waals surface area contributed by atoms with Gasteiger partial charge in [0.25, 0.3) is 12.3 Å². The number of amides is 1. The molecule has 0 saturated heterocycles. The van der Waals surface area contributed by atoms with Gasteiger partial charge in [-0.1, -0.05) is 11.6 Å². The lowest BCUT2D eigenvalue weighted by Gasteiger charge is -2.32. The fraction of sp³-hybridized carbons (Fsp3) is 0.409. The Morgan fingerprint density at radius 2 is 1.97 bits per heavy atom. The number of carbonyl (C=O) groups is 1. The number of rotatable bonds is 5. The quantitative estimate of drug-likeness (QED) is 0.562. The van der Waals surface area contributed by atoms with Gasteiger partial charge in [-0.3, -0.25) is 4.79 Å². The van der Waals surface area contributed by atoms with Crippen LogP contribution < -0.4 is 10.6 Å². The Labute approximate surface area is 188 Å². The highest BCUT2D eigenvalue weighted by Crippen LogP contribution is 2.43. The fourth-order valence-corrected chi connectivity index (χ4v) is 4.41. The lowest BCUT2D eigenvalue weighted by Crippen LogP contribution is -2.37. The summed E-state index contributed by atoms with van der Waals surface area (Å²) in [7, 11) is 0. The molecular weight excluding hydrogens is 438 g/mol. The maximum absolute atomic E-state index is 13.6. The summed E-state index contributed by atoms with van der Waals surface area (Å²) in [5.74, 6) is 0.348. The van der Waals surface area contributed by atoms with Crippen LogP contribution in [0.5, 0.6) is 0 Å². The van der Waals surface area contributed by atoms with Gasteiger partial charge < -0.3 is 10.6 Å². The minimum absolute atomic E-state index is 0.0587. The molecule has 0 bridgehead atoms. The number of halogens is 3. The van der Waals surface area contributed by atoms with Crippen LogP contribution >= 0.6 is 11.6 Å². The van der Waals surface area contributed by atoms with Crippen molar-refractivity contribution in [3.8, 4) is 5.69 Å². The molecule has 0 unspecified atom stereocenters. The van der Waals surface area contributed by atoms with Crippen LogP contribution in [0.2, 0.25) is 5.02 Å². The van der Waals surface area contributed by atoms with Crippen molar-refractivity contribution < 1.29 is 13.6 Å². The summed E-state index contributed by atoms with van der Waals surface area (Å²) in [4.78, 5) is 12.9. The monoisotopic (exact) mass is 460 g/mol. The molecule has 0 radical (unpaired) electrons. The van der Waals surface area contributed by atoms with E-state index in [0.717, 1.165) is 29.9 Å². The largest absolute Gasteiger partial charge is 0.367 e. The number of aryl methyl sites for hydroxylation is 1. The van der Waals surface area contributed by atoms with E-state index in [9.17, 15) is 13.6 Å². The highest BCUT2D eigenvalue weighted by molar-refractivity contribution is 6.31. The van der Waals surface area contributed by atoms with Crippen LogP contribution in [0.25, 0.3) is 5.69 Å². The molecule has 2 aliphatic rings. The predicted octanol–water partition coefficient (Wildman–Crippen LogP) is 4.99. The summed E-state index contributed by atoms with van der Waals surface area (Å²) in [5, 5.41) is 15.3. The number of nitrogens with zero attached hydrogens (tertiary/aromatic N) is 4. The zero-order valence-electron chi connectivity index (χ0n) is 17.6. The highest BCUT2D eigenvalue weighted by atomic mass is 35.5. The van der Waals surface area contributed by atoms with Crippen molar-refractivity contribution in [3.63, 3.8) is 0 Å². The minimum Gasteiger partial charge on any atom is -0.367 e. The summed E-state index contributed by atoms with van der Waals surface area (Å²) in [5.41, 5.74) is 3.22. The number of alkyl halides is 2. The van der Waals surface area contributed by atoms with Gasteiger partial charge in [0.15, 0.2) is 0 Å². The molecule has 5 rings (SSSR count). The van der Waals surface area contributed by atoms with E-state index in [1.165, 1.54) is 10.9 Å². The van der Waals surface area contributed by atoms with Gasteiger partial charge in [0.1, 0.15) is 17.4 Å². The van der Waals surface area contributed by atoms with Gasteiger partial charge in [-0.25, -0.2) is 18.1 Å². The number of nitrogens with one attached hydrogen (secondary N) is 2. The number of benzene rings is 1. The first-order valence-corrected chi connectivity index (χ1v) is 11.0. The maximum atomic E-state index is 13.6. The fourth-order valence-electron chi connectivity index (χ4n) is 4.30. The van der Waals surface area contributed by atoms with Crippen LogP contribution in [0.1, 0.15) is 47.1 Å². The second kappa shape index (κ2) is 7.88. The van der Waals surface area contributed by atoms with Crippen LogP contribution in [0, 0.1) is 19.8 Å². The number of hydrogen-bond donors (Lipinski definition) is 2. The molecule has 2 atom stereocenters. The first kappa shape index (κ1) is 20.9. The van der Waals surface area contributed by atoms with E-state index in [4.69, 9.17) is 11.6 Å². The molecule has 1 aliphatic heterocycles. The van der Waals surface area contributed by atoms with E-state index < -0.39 is 18.4 Å². The van der Waals surface area contributed by atoms with E-state index in [1.54, 1.807) is 16.8 Å². The van der Waals surface area contributed by atoms with E-state index in [0.29, 0.717) is 28.9 Å². The van der Waals surface area contributed by atoms with Crippen LogP contribution in [0.15, 0.2) is 30.5 Å². The third kappa shape index (κ3) is 3.64. The summed E-state index contributed by atoms with van der Waals surface area (Å²) in [6, 6.07) is 6.09. The molecule has 1 saturated carbocycles. The Morgan fingerprint density at radius 3 is 2.56 bits per heavy atom. The SMILES string of the molecule is Cc1nn(-c2ccc(NC(=O)c3cnn4c3N[C@H](C3CC3)C[C@@H]4C(F)F)cc2)c(C)c1Cl. The number of fused-ring (bicyclic) bond motifs is 1. The lowest BCUT2D eigenvalue weighted by molar-refractivity contribution is 0.0644.